The highest BCUT2D eigenvalue weighted by Crippen LogP contribution is 2.41. The molecule has 0 aromatic heterocycles. The van der Waals surface area contributed by atoms with Gasteiger partial charge in [0, 0.05) is 10.6 Å². The highest BCUT2D eigenvalue weighted by Gasteiger charge is 2.24. The van der Waals surface area contributed by atoms with Crippen LogP contribution in [0.15, 0.2) is 41.3 Å². The molecule has 7 heteroatoms. The van der Waals surface area contributed by atoms with Crippen LogP contribution in [0.4, 0.5) is 8.78 Å². The first-order valence-electron chi connectivity index (χ1n) is 7.27. The third-order valence-corrected chi connectivity index (χ3v) is 5.21. The smallest absolute Gasteiger partial charge is 0.225 e. The van der Waals surface area contributed by atoms with Gasteiger partial charge in [-0.05, 0) is 60.2 Å². The van der Waals surface area contributed by atoms with Crippen LogP contribution in [-0.4, -0.2) is 8.42 Å². The van der Waals surface area contributed by atoms with Crippen molar-refractivity contribution in [1.82, 2.24) is 0 Å². The van der Waals surface area contributed by atoms with Gasteiger partial charge >= 0.3 is 0 Å². The summed E-state index contributed by atoms with van der Waals surface area (Å²) in [5, 5.41) is 5.46. The highest BCUT2D eigenvalue weighted by atomic mass is 35.5. The zero-order valence-corrected chi connectivity index (χ0v) is 14.1. The number of primary sulfonamides is 1. The molecular weight excluding hydrogens is 356 g/mol. The molecule has 0 saturated carbocycles. The van der Waals surface area contributed by atoms with Gasteiger partial charge in [0.2, 0.25) is 10.0 Å². The molecule has 2 aromatic rings. The van der Waals surface area contributed by atoms with E-state index in [9.17, 15) is 17.2 Å². The van der Waals surface area contributed by atoms with Crippen LogP contribution >= 0.6 is 11.6 Å². The lowest BCUT2D eigenvalue weighted by Gasteiger charge is -2.11. The number of hydrogen-bond donors (Lipinski definition) is 1. The molecule has 0 bridgehead atoms. The molecule has 3 rings (SSSR count). The summed E-state index contributed by atoms with van der Waals surface area (Å²) in [6.45, 7) is 0. The van der Waals surface area contributed by atoms with Crippen molar-refractivity contribution >= 4 is 32.8 Å². The molecule has 0 fully saturated rings. The molecule has 0 aliphatic heterocycles. The number of allylic oxidation sites excluding steroid dienone is 2. The van der Waals surface area contributed by atoms with Gasteiger partial charge in [0.05, 0.1) is 0 Å². The molecule has 3 nitrogen and oxygen atoms in total. The van der Waals surface area contributed by atoms with Crippen molar-refractivity contribution in [2.24, 2.45) is 5.14 Å². The highest BCUT2D eigenvalue weighted by molar-refractivity contribution is 7.89. The van der Waals surface area contributed by atoms with Gasteiger partial charge in [-0.25, -0.2) is 22.3 Å². The second-order valence-corrected chi connectivity index (χ2v) is 7.59. The Balaban J connectivity index is 2.17. The van der Waals surface area contributed by atoms with Crippen LogP contribution in [0, 0.1) is 11.6 Å². The van der Waals surface area contributed by atoms with Gasteiger partial charge in [0.15, 0.2) is 0 Å². The lowest BCUT2D eigenvalue weighted by Crippen LogP contribution is -2.15. The van der Waals surface area contributed by atoms with Crippen molar-refractivity contribution in [3.8, 4) is 0 Å². The summed E-state index contributed by atoms with van der Waals surface area (Å²) in [4.78, 5) is -0.841. The first kappa shape index (κ1) is 17.1. The second-order valence-electron chi connectivity index (χ2n) is 5.63. The van der Waals surface area contributed by atoms with E-state index in [1.165, 1.54) is 0 Å². The van der Waals surface area contributed by atoms with Crippen LogP contribution in [0.25, 0.3) is 11.1 Å². The monoisotopic (exact) mass is 369 g/mol. The maximum absolute atomic E-state index is 14.4. The Morgan fingerprint density at radius 1 is 1.00 bits per heavy atom. The predicted molar refractivity (Wildman–Crippen MR) is 89.8 cm³/mol. The standard InChI is InChI=1S/C17H14ClF2NO2S/c18-11-4-1-3-10(7-11)12-5-2-6-13(12)14-8-16(20)17(9-15(14)19)24(21,22)23/h1,3-4,7-9H,2,5-6H2,(H2,21,22,23). The normalized spacial score (nSPS) is 15.2. The largest absolute Gasteiger partial charge is 0.241 e. The molecule has 0 radical (unpaired) electrons. The molecule has 0 spiro atoms. The van der Waals surface area contributed by atoms with Crippen LogP contribution < -0.4 is 5.14 Å². The fraction of sp³-hybridized carbons (Fsp3) is 0.176. The minimum absolute atomic E-state index is 0.0624. The van der Waals surface area contributed by atoms with Crippen molar-refractivity contribution in [2.45, 2.75) is 24.2 Å². The first-order chi connectivity index (χ1) is 11.3. The fourth-order valence-corrected chi connectivity index (χ4v) is 3.80. The van der Waals surface area contributed by atoms with Gasteiger partial charge in [-0.2, -0.15) is 0 Å². The van der Waals surface area contributed by atoms with Crippen LogP contribution in [0.3, 0.4) is 0 Å². The summed E-state index contributed by atoms with van der Waals surface area (Å²) in [6, 6.07) is 8.71. The summed E-state index contributed by atoms with van der Waals surface area (Å²) >= 11 is 6.01. The first-order valence-corrected chi connectivity index (χ1v) is 9.20. The Morgan fingerprint density at radius 2 is 1.71 bits per heavy atom. The average Bonchev–Trinajstić information content (AvgIpc) is 2.97. The van der Waals surface area contributed by atoms with Crippen molar-refractivity contribution in [1.29, 1.82) is 0 Å². The van der Waals surface area contributed by atoms with Crippen molar-refractivity contribution < 1.29 is 17.2 Å². The fourth-order valence-electron chi connectivity index (χ4n) is 3.01. The van der Waals surface area contributed by atoms with Gasteiger partial charge in [0.25, 0.3) is 0 Å². The Kier molecular flexibility index (Phi) is 4.46. The maximum Gasteiger partial charge on any atom is 0.241 e. The Hall–Kier alpha value is -1.76. The quantitative estimate of drug-likeness (QED) is 0.873. The molecular formula is C17H14ClF2NO2S. The number of sulfonamides is 1. The number of nitrogens with two attached hydrogens (primary N) is 1. The topological polar surface area (TPSA) is 60.2 Å². The van der Waals surface area contributed by atoms with E-state index < -0.39 is 26.6 Å². The molecule has 1 aliphatic rings. The zero-order chi connectivity index (χ0) is 17.5. The molecule has 0 amide bonds. The second kappa shape index (κ2) is 6.27. The van der Waals surface area contributed by atoms with E-state index in [0.717, 1.165) is 23.6 Å². The molecule has 1 aliphatic carbocycles. The van der Waals surface area contributed by atoms with E-state index in [2.05, 4.69) is 0 Å². The number of benzene rings is 2. The van der Waals surface area contributed by atoms with Gasteiger partial charge < -0.3 is 0 Å². The zero-order valence-electron chi connectivity index (χ0n) is 12.5. The summed E-state index contributed by atoms with van der Waals surface area (Å²) in [5.74, 6) is -1.87. The van der Waals surface area contributed by atoms with Crippen LogP contribution in [0.2, 0.25) is 5.02 Å². The van der Waals surface area contributed by atoms with Crippen molar-refractivity contribution in [3.63, 3.8) is 0 Å². The third kappa shape index (κ3) is 3.22. The summed E-state index contributed by atoms with van der Waals surface area (Å²) < 4.78 is 51.1. The molecule has 0 atom stereocenters. The summed E-state index contributed by atoms with van der Waals surface area (Å²) in [5.41, 5.74) is 2.46. The number of hydrogen-bond acceptors (Lipinski definition) is 2. The number of rotatable bonds is 3. The van der Waals surface area contributed by atoms with E-state index in [4.69, 9.17) is 16.7 Å². The molecule has 0 saturated heterocycles. The van der Waals surface area contributed by atoms with Crippen LogP contribution in [0.5, 0.6) is 0 Å². The Labute approximate surface area is 143 Å². The lowest BCUT2D eigenvalue weighted by molar-refractivity contribution is 0.552. The third-order valence-electron chi connectivity index (χ3n) is 4.04. The molecule has 0 unspecified atom stereocenters. The van der Waals surface area contributed by atoms with Crippen molar-refractivity contribution in [2.75, 3.05) is 0 Å². The Morgan fingerprint density at radius 3 is 2.38 bits per heavy atom. The predicted octanol–water partition coefficient (Wildman–Crippen LogP) is 4.36. The molecule has 2 N–H and O–H groups in total. The van der Waals surface area contributed by atoms with Crippen molar-refractivity contribution in [3.05, 3.63) is 64.2 Å². The Bertz CT molecular complexity index is 955. The average molecular weight is 370 g/mol. The van der Waals surface area contributed by atoms with E-state index in [1.807, 2.05) is 6.07 Å². The lowest BCUT2D eigenvalue weighted by atomic mass is 9.96. The maximum atomic E-state index is 14.4. The molecule has 2 aromatic carbocycles. The summed E-state index contributed by atoms with van der Waals surface area (Å²) in [6.07, 6.45) is 2.09. The van der Waals surface area contributed by atoms with Gasteiger partial charge in [-0.15, -0.1) is 0 Å². The van der Waals surface area contributed by atoms with Gasteiger partial charge in [-0.1, -0.05) is 23.7 Å². The number of halogens is 3. The van der Waals surface area contributed by atoms with E-state index >= 15 is 0 Å². The van der Waals surface area contributed by atoms with E-state index in [0.29, 0.717) is 29.5 Å². The van der Waals surface area contributed by atoms with Crippen LogP contribution in [-0.2, 0) is 10.0 Å². The molecule has 126 valence electrons. The van der Waals surface area contributed by atoms with Crippen LogP contribution in [0.1, 0.15) is 30.4 Å². The summed E-state index contributed by atoms with van der Waals surface area (Å²) in [7, 11) is -4.32. The van der Waals surface area contributed by atoms with Gasteiger partial charge in [0.1, 0.15) is 16.5 Å². The molecule has 0 heterocycles. The van der Waals surface area contributed by atoms with E-state index in [1.54, 1.807) is 18.2 Å². The van der Waals surface area contributed by atoms with E-state index in [-0.39, 0.29) is 5.56 Å². The molecule has 24 heavy (non-hydrogen) atoms. The minimum Gasteiger partial charge on any atom is -0.225 e. The SMILES string of the molecule is NS(=O)(=O)c1cc(F)c(C2=C(c3cccc(Cl)c3)CCC2)cc1F. The van der Waals surface area contributed by atoms with Gasteiger partial charge in [-0.3, -0.25) is 0 Å². The minimum atomic E-state index is -4.32.